The van der Waals surface area contributed by atoms with E-state index in [0.29, 0.717) is 0 Å². The van der Waals surface area contributed by atoms with Crippen LogP contribution in [0, 0.1) is 0 Å². The first kappa shape index (κ1) is 59.4. The van der Waals surface area contributed by atoms with Gasteiger partial charge in [0.2, 0.25) is 0 Å². The molecule has 0 aromatic carbocycles. The van der Waals surface area contributed by atoms with Crippen LogP contribution in [0.15, 0.2) is 0 Å². The van der Waals surface area contributed by atoms with Crippen LogP contribution in [0.2, 0.25) is 0 Å². The van der Waals surface area contributed by atoms with Gasteiger partial charge in [0, 0.05) is 100 Å². The summed E-state index contributed by atoms with van der Waals surface area (Å²) in [5, 5.41) is 0. The Morgan fingerprint density at radius 3 is 1.00 bits per heavy atom. The van der Waals surface area contributed by atoms with Crippen molar-refractivity contribution >= 4 is 48.3 Å². The molecule has 0 aliphatic rings. The third-order valence-corrected chi connectivity index (χ3v) is 0. The maximum Gasteiger partial charge on any atom is 0 e. The minimum Gasteiger partial charge on any atom is 0 e. The molecule has 0 nitrogen and oxygen atoms in total. The Morgan fingerprint density at radius 2 is 1.00 bits per heavy atom. The van der Waals surface area contributed by atoms with Crippen LogP contribution in [-0.4, -0.2) is 48.3 Å². The number of rotatable bonds is 0. The Kier molecular flexibility index (Phi) is 380. The molecule has 0 atom stereocenters. The van der Waals surface area contributed by atoms with E-state index < -0.39 is 0 Å². The van der Waals surface area contributed by atoms with Gasteiger partial charge in [0.15, 0.2) is 0 Å². The first-order chi connectivity index (χ1) is 0. The molecule has 7 heavy (non-hydrogen) atoms. The molecule has 0 saturated carbocycles. The van der Waals surface area contributed by atoms with Gasteiger partial charge in [-0.25, -0.2) is 0 Å². The summed E-state index contributed by atoms with van der Waals surface area (Å²) in [6.45, 7) is 0. The summed E-state index contributed by atoms with van der Waals surface area (Å²) in [4.78, 5) is 0. The van der Waals surface area contributed by atoms with Crippen LogP contribution in [0.5, 0.6) is 0 Å². The van der Waals surface area contributed by atoms with Gasteiger partial charge in [0.1, 0.15) is 0 Å². The fraction of sp³-hybridized carbons (Fsp3) is 0. The van der Waals surface area contributed by atoms with Crippen molar-refractivity contribution in [1.29, 1.82) is 0 Å². The standard InChI is InChI=1S/Ir.Mn.Pt.Ru.Sb.Sn.Ta.5H. The zero-order valence-electron chi connectivity index (χ0n) is 3.24. The number of hydrogen-bond donors (Lipinski definition) is 0. The summed E-state index contributed by atoms with van der Waals surface area (Å²) >= 11 is 0. The topological polar surface area (TPSA) is 0 Å². The molecule has 0 aliphatic heterocycles. The Bertz CT molecular complexity index is 19.7. The van der Waals surface area contributed by atoms with E-state index in [0.717, 1.165) is 0 Å². The summed E-state index contributed by atoms with van der Waals surface area (Å²) in [6.07, 6.45) is 0. The van der Waals surface area contributed by atoms with E-state index >= 15 is 0 Å². The molecule has 0 aliphatic carbocycles. The quantitative estimate of drug-likeness (QED) is 0.245. The Morgan fingerprint density at radius 1 is 1.00 bits per heavy atom. The average molecular weight is 970 g/mol. The van der Waals surface area contributed by atoms with Gasteiger partial charge in [0.25, 0.3) is 0 Å². The molecule has 0 amide bonds. The summed E-state index contributed by atoms with van der Waals surface area (Å²) in [6, 6.07) is 0. The molecule has 53 valence electrons. The second-order valence-electron chi connectivity index (χ2n) is 0. The average Bonchev–Trinajstić information content (AvgIpc) is 0. The predicted octanol–water partition coefficient (Wildman–Crippen LogP) is -2.11. The van der Waals surface area contributed by atoms with Crippen molar-refractivity contribution < 1.29 is 100 Å². The molecule has 0 rings (SSSR count). The van der Waals surface area contributed by atoms with Crippen molar-refractivity contribution in [3.63, 3.8) is 0 Å². The monoisotopic (exact) mass is 972 g/mol. The van der Waals surface area contributed by atoms with Crippen LogP contribution in [-0.2, 0) is 100 Å². The van der Waals surface area contributed by atoms with Crippen LogP contribution in [0.3, 0.4) is 0 Å². The van der Waals surface area contributed by atoms with Gasteiger partial charge >= 0.3 is 48.3 Å². The molecule has 7 heteroatoms. The SMILES string of the molecule is [Ir].[Mn].[Pt].[Ru].[SbH3].[SnH2].[Ta]. The van der Waals surface area contributed by atoms with Crippen molar-refractivity contribution in [3.8, 4) is 0 Å². The number of hydrogen-bond acceptors (Lipinski definition) is 0. The molecule has 0 spiro atoms. The van der Waals surface area contributed by atoms with Gasteiger partial charge in [-0.2, -0.15) is 0 Å². The Hall–Kier alpha value is 4.84. The third kappa shape index (κ3) is 36.2. The molecule has 0 unspecified atom stereocenters. The van der Waals surface area contributed by atoms with E-state index in [9.17, 15) is 0 Å². The maximum atomic E-state index is 0. The summed E-state index contributed by atoms with van der Waals surface area (Å²) in [7, 11) is 0. The summed E-state index contributed by atoms with van der Waals surface area (Å²) in [5.41, 5.74) is 0. The second-order valence-corrected chi connectivity index (χ2v) is 0. The van der Waals surface area contributed by atoms with Crippen LogP contribution in [0.1, 0.15) is 0 Å². The van der Waals surface area contributed by atoms with Gasteiger partial charge in [-0.15, -0.1) is 0 Å². The molecule has 0 N–H and O–H groups in total. The second kappa shape index (κ2) is 44.8. The molecule has 0 aromatic heterocycles. The fourth-order valence-electron chi connectivity index (χ4n) is 0. The van der Waals surface area contributed by atoms with E-state index in [2.05, 4.69) is 0 Å². The third-order valence-electron chi connectivity index (χ3n) is 0. The van der Waals surface area contributed by atoms with Crippen LogP contribution >= 0.6 is 0 Å². The van der Waals surface area contributed by atoms with E-state index in [1.54, 1.807) is 0 Å². The first-order valence-corrected chi connectivity index (χ1v) is 0. The molecule has 0 aromatic rings. The fourth-order valence-corrected chi connectivity index (χ4v) is 0. The van der Waals surface area contributed by atoms with Crippen LogP contribution < -0.4 is 0 Å². The smallest absolute Gasteiger partial charge is 0 e. The zero-order chi connectivity index (χ0) is 0. The van der Waals surface area contributed by atoms with Crippen molar-refractivity contribution in [3.05, 3.63) is 0 Å². The summed E-state index contributed by atoms with van der Waals surface area (Å²) < 4.78 is 0. The van der Waals surface area contributed by atoms with E-state index in [1.165, 1.54) is 0 Å². The van der Waals surface area contributed by atoms with Crippen molar-refractivity contribution in [2.24, 2.45) is 0 Å². The van der Waals surface area contributed by atoms with Gasteiger partial charge < -0.3 is 0 Å². The molecule has 0 bridgehead atoms. The largest absolute Gasteiger partial charge is 0 e. The van der Waals surface area contributed by atoms with Crippen molar-refractivity contribution in [1.82, 2.24) is 0 Å². The first-order valence-electron chi connectivity index (χ1n) is 0. The van der Waals surface area contributed by atoms with Crippen molar-refractivity contribution in [2.45, 2.75) is 0 Å². The molecular weight excluding hydrogens is 965 g/mol. The molecular formula is H5IrMnPtRuSbSnTa. The molecule has 0 saturated heterocycles. The molecule has 0 fully saturated rings. The van der Waals surface area contributed by atoms with Gasteiger partial charge in [0.05, 0.1) is 0 Å². The normalized spacial score (nSPS) is 0. The van der Waals surface area contributed by atoms with Crippen molar-refractivity contribution in [2.75, 3.05) is 0 Å². The van der Waals surface area contributed by atoms with Gasteiger partial charge in [-0.3, -0.25) is 0 Å². The minimum absolute atomic E-state index is 0. The Labute approximate surface area is 145 Å². The van der Waals surface area contributed by atoms with E-state index in [4.69, 9.17) is 0 Å². The predicted molar refractivity (Wildman–Crippen MR) is 18.5 cm³/mol. The minimum atomic E-state index is 0. The summed E-state index contributed by atoms with van der Waals surface area (Å²) in [5.74, 6) is 0. The van der Waals surface area contributed by atoms with Gasteiger partial charge in [-0.1, -0.05) is 0 Å². The van der Waals surface area contributed by atoms with E-state index in [-0.39, 0.29) is 148 Å². The maximum absolute atomic E-state index is 0. The van der Waals surface area contributed by atoms with Crippen LogP contribution in [0.4, 0.5) is 0 Å². The van der Waals surface area contributed by atoms with E-state index in [1.807, 2.05) is 0 Å². The molecule has 0 heterocycles. The van der Waals surface area contributed by atoms with Gasteiger partial charge in [-0.05, 0) is 0 Å². The zero-order valence-corrected chi connectivity index (χ0v) is 22.1. The Balaban J connectivity index is 0. The molecule has 5 radical (unpaired) electrons. The van der Waals surface area contributed by atoms with Crippen LogP contribution in [0.25, 0.3) is 0 Å².